The number of carboxylic acids is 1. The number of aliphatic carboxylic acids is 1. The Kier molecular flexibility index (Phi) is 11.0. The summed E-state index contributed by atoms with van der Waals surface area (Å²) in [4.78, 5) is 48.8. The van der Waals surface area contributed by atoms with Crippen molar-refractivity contribution in [2.45, 2.75) is 84.3 Å². The van der Waals surface area contributed by atoms with Gasteiger partial charge in [0.2, 0.25) is 5.91 Å². The second kappa shape index (κ2) is 12.9. The summed E-state index contributed by atoms with van der Waals surface area (Å²) in [6.07, 6.45) is -1.16. The van der Waals surface area contributed by atoms with Crippen LogP contribution in [0.1, 0.15) is 59.9 Å². The van der Waals surface area contributed by atoms with Gasteiger partial charge in [0.25, 0.3) is 0 Å². The lowest BCUT2D eigenvalue weighted by molar-refractivity contribution is -0.155. The van der Waals surface area contributed by atoms with Gasteiger partial charge in [0, 0.05) is 6.42 Å². The van der Waals surface area contributed by atoms with Gasteiger partial charge in [-0.3, -0.25) is 9.59 Å². The molecule has 10 heteroatoms. The maximum absolute atomic E-state index is 12.8. The molecule has 1 aromatic rings. The lowest BCUT2D eigenvalue weighted by Gasteiger charge is -2.25. The van der Waals surface area contributed by atoms with E-state index in [2.05, 4.69) is 10.6 Å². The van der Waals surface area contributed by atoms with Crippen molar-refractivity contribution in [3.8, 4) is 0 Å². The SMILES string of the molecule is CC(C)(C)OC(=O)CC[C@H](NC(=O)OC(C)(C)C)C(=O)N[C@@H](COCc1ccccc1)C(=O)O. The van der Waals surface area contributed by atoms with Crippen LogP contribution in [-0.4, -0.2) is 58.9 Å². The molecule has 0 aromatic heterocycles. The Morgan fingerprint density at radius 1 is 0.882 bits per heavy atom. The van der Waals surface area contributed by atoms with E-state index in [0.29, 0.717) is 0 Å². The van der Waals surface area contributed by atoms with Gasteiger partial charge in [-0.05, 0) is 53.5 Å². The Labute approximate surface area is 200 Å². The minimum atomic E-state index is -1.36. The Bertz CT molecular complexity index is 828. The van der Waals surface area contributed by atoms with Crippen molar-refractivity contribution in [3.05, 3.63) is 35.9 Å². The van der Waals surface area contributed by atoms with Crippen LogP contribution in [0.3, 0.4) is 0 Å². The fourth-order valence-corrected chi connectivity index (χ4v) is 2.69. The summed E-state index contributed by atoms with van der Waals surface area (Å²) < 4.78 is 15.9. The molecule has 10 nitrogen and oxygen atoms in total. The van der Waals surface area contributed by atoms with Crippen LogP contribution >= 0.6 is 0 Å². The van der Waals surface area contributed by atoms with E-state index in [1.807, 2.05) is 30.3 Å². The van der Waals surface area contributed by atoms with Crippen LogP contribution in [0.4, 0.5) is 4.79 Å². The molecule has 0 aliphatic rings. The van der Waals surface area contributed by atoms with E-state index in [0.717, 1.165) is 5.56 Å². The Morgan fingerprint density at radius 3 is 2.00 bits per heavy atom. The highest BCUT2D eigenvalue weighted by atomic mass is 16.6. The molecule has 2 amide bonds. The van der Waals surface area contributed by atoms with Gasteiger partial charge in [-0.25, -0.2) is 9.59 Å². The first-order valence-electron chi connectivity index (χ1n) is 11.0. The number of esters is 1. The second-order valence-electron chi connectivity index (χ2n) is 9.72. The molecule has 190 valence electrons. The van der Waals surface area contributed by atoms with Crippen LogP contribution in [0, 0.1) is 0 Å². The number of alkyl carbamates (subject to hydrolysis) is 1. The van der Waals surface area contributed by atoms with Crippen LogP contribution in [0.25, 0.3) is 0 Å². The molecular formula is C24H36N2O8. The molecule has 2 atom stereocenters. The molecule has 0 aliphatic heterocycles. The molecule has 0 aliphatic carbocycles. The van der Waals surface area contributed by atoms with E-state index < -0.39 is 47.2 Å². The van der Waals surface area contributed by atoms with Crippen molar-refractivity contribution in [3.63, 3.8) is 0 Å². The number of carbonyl (C=O) groups excluding carboxylic acids is 3. The molecule has 0 heterocycles. The highest BCUT2D eigenvalue weighted by Gasteiger charge is 2.29. The van der Waals surface area contributed by atoms with Gasteiger partial charge >= 0.3 is 18.0 Å². The summed E-state index contributed by atoms with van der Waals surface area (Å²) in [6, 6.07) is 6.56. The summed E-state index contributed by atoms with van der Waals surface area (Å²) in [7, 11) is 0. The van der Waals surface area contributed by atoms with Crippen molar-refractivity contribution < 1.29 is 38.5 Å². The third-order valence-electron chi connectivity index (χ3n) is 4.08. The monoisotopic (exact) mass is 480 g/mol. The highest BCUT2D eigenvalue weighted by molar-refractivity contribution is 5.89. The van der Waals surface area contributed by atoms with E-state index in [9.17, 15) is 24.3 Å². The van der Waals surface area contributed by atoms with E-state index in [-0.39, 0.29) is 26.1 Å². The Morgan fingerprint density at radius 2 is 1.47 bits per heavy atom. The van der Waals surface area contributed by atoms with Gasteiger partial charge in [0.1, 0.15) is 17.2 Å². The van der Waals surface area contributed by atoms with Crippen molar-refractivity contribution in [1.82, 2.24) is 10.6 Å². The molecule has 0 bridgehead atoms. The third kappa shape index (κ3) is 12.8. The number of carbonyl (C=O) groups is 4. The predicted octanol–water partition coefficient (Wildman–Crippen LogP) is 2.79. The van der Waals surface area contributed by atoms with Gasteiger partial charge in [-0.1, -0.05) is 30.3 Å². The first kappa shape index (κ1) is 28.9. The largest absolute Gasteiger partial charge is 0.480 e. The van der Waals surface area contributed by atoms with E-state index in [1.165, 1.54) is 0 Å². The topological polar surface area (TPSA) is 140 Å². The van der Waals surface area contributed by atoms with Gasteiger partial charge in [0.15, 0.2) is 6.04 Å². The van der Waals surface area contributed by atoms with Gasteiger partial charge in [-0.2, -0.15) is 0 Å². The Balaban J connectivity index is 2.81. The van der Waals surface area contributed by atoms with Gasteiger partial charge < -0.3 is 30.0 Å². The first-order chi connectivity index (χ1) is 15.7. The molecule has 0 saturated heterocycles. The molecule has 1 aromatic carbocycles. The molecule has 0 unspecified atom stereocenters. The number of nitrogens with one attached hydrogen (secondary N) is 2. The zero-order valence-corrected chi connectivity index (χ0v) is 20.7. The summed E-state index contributed by atoms with van der Waals surface area (Å²) in [5.41, 5.74) is -0.678. The van der Waals surface area contributed by atoms with Crippen LogP contribution in [0.5, 0.6) is 0 Å². The number of benzene rings is 1. The molecular weight excluding hydrogens is 444 g/mol. The lowest BCUT2D eigenvalue weighted by Crippen LogP contribution is -2.53. The van der Waals surface area contributed by atoms with Crippen molar-refractivity contribution in [2.24, 2.45) is 0 Å². The quantitative estimate of drug-likeness (QED) is 0.411. The van der Waals surface area contributed by atoms with Crippen molar-refractivity contribution in [2.75, 3.05) is 6.61 Å². The average molecular weight is 481 g/mol. The minimum absolute atomic E-state index is 0.114. The number of carboxylic acid groups (broad SMARTS) is 1. The number of ether oxygens (including phenoxy) is 3. The van der Waals surface area contributed by atoms with Crippen LogP contribution in [0.15, 0.2) is 30.3 Å². The molecule has 0 spiro atoms. The molecule has 34 heavy (non-hydrogen) atoms. The summed E-state index contributed by atoms with van der Waals surface area (Å²) in [5.74, 6) is -2.65. The normalized spacial score (nSPS) is 13.4. The number of hydrogen-bond donors (Lipinski definition) is 3. The maximum atomic E-state index is 12.8. The summed E-state index contributed by atoms with van der Waals surface area (Å²) in [5, 5.41) is 14.3. The van der Waals surface area contributed by atoms with E-state index >= 15 is 0 Å². The summed E-state index contributed by atoms with van der Waals surface area (Å²) >= 11 is 0. The van der Waals surface area contributed by atoms with E-state index in [4.69, 9.17) is 14.2 Å². The van der Waals surface area contributed by atoms with Crippen molar-refractivity contribution in [1.29, 1.82) is 0 Å². The fourth-order valence-electron chi connectivity index (χ4n) is 2.69. The second-order valence-corrected chi connectivity index (χ2v) is 9.72. The zero-order valence-electron chi connectivity index (χ0n) is 20.7. The standard InChI is InChI=1S/C24H36N2O8/c1-23(2,3)33-19(27)13-12-17(26-22(31)34-24(4,5)6)20(28)25-18(21(29)30)15-32-14-16-10-8-7-9-11-16/h7-11,17-18H,12-15H2,1-6H3,(H,25,28)(H,26,31)(H,29,30)/t17-,18-/m0/s1. The number of amides is 2. The molecule has 0 fully saturated rings. The Hall–Kier alpha value is -3.14. The molecule has 0 radical (unpaired) electrons. The van der Waals surface area contributed by atoms with Crippen LogP contribution in [0.2, 0.25) is 0 Å². The fraction of sp³-hybridized carbons (Fsp3) is 0.583. The smallest absolute Gasteiger partial charge is 0.408 e. The molecule has 1 rings (SSSR count). The minimum Gasteiger partial charge on any atom is -0.480 e. The van der Waals surface area contributed by atoms with Crippen LogP contribution in [-0.2, 0) is 35.2 Å². The van der Waals surface area contributed by atoms with Gasteiger partial charge in [-0.15, -0.1) is 0 Å². The highest BCUT2D eigenvalue weighted by Crippen LogP contribution is 2.12. The zero-order chi connectivity index (χ0) is 25.9. The predicted molar refractivity (Wildman–Crippen MR) is 124 cm³/mol. The first-order valence-corrected chi connectivity index (χ1v) is 11.0. The molecule has 3 N–H and O–H groups in total. The average Bonchev–Trinajstić information content (AvgIpc) is 2.68. The maximum Gasteiger partial charge on any atom is 0.408 e. The van der Waals surface area contributed by atoms with E-state index in [1.54, 1.807) is 41.5 Å². The van der Waals surface area contributed by atoms with Crippen LogP contribution < -0.4 is 10.6 Å². The number of rotatable bonds is 11. The third-order valence-corrected chi connectivity index (χ3v) is 4.08. The van der Waals surface area contributed by atoms with Crippen molar-refractivity contribution >= 4 is 23.9 Å². The van der Waals surface area contributed by atoms with Gasteiger partial charge in [0.05, 0.1) is 13.2 Å². The molecule has 0 saturated carbocycles. The number of hydrogen-bond acceptors (Lipinski definition) is 7. The lowest BCUT2D eigenvalue weighted by atomic mass is 10.1. The summed E-state index contributed by atoms with van der Waals surface area (Å²) in [6.45, 7) is 9.98.